The molecule has 7 nitrogen and oxygen atoms in total. The maximum absolute atomic E-state index is 5.14. The fourth-order valence-electron chi connectivity index (χ4n) is 8.30. The average molecular weight is 784 g/mol. The molecule has 0 saturated carbocycles. The summed E-state index contributed by atoms with van der Waals surface area (Å²) < 4.78 is 2.30. The second-order valence-corrected chi connectivity index (χ2v) is 16.5. The summed E-state index contributed by atoms with van der Waals surface area (Å²) in [5, 5.41) is 0. The number of benzene rings is 5. The van der Waals surface area contributed by atoms with Crippen LogP contribution in [0.2, 0.25) is 0 Å². The van der Waals surface area contributed by atoms with E-state index in [1.807, 2.05) is 18.2 Å². The van der Waals surface area contributed by atoms with Crippen molar-refractivity contribution in [1.29, 1.82) is 0 Å². The lowest BCUT2D eigenvalue weighted by Gasteiger charge is -2.33. The predicted octanol–water partition coefficient (Wildman–Crippen LogP) is 12.8. The number of fused-ring (bicyclic) bond motifs is 1. The second-order valence-electron chi connectivity index (χ2n) is 16.5. The summed E-state index contributed by atoms with van der Waals surface area (Å²) in [7, 11) is 2.15. The number of likely N-dealkylation sites (N-methyl/N-ethyl adjacent to an activating group) is 1. The molecule has 2 aromatic heterocycles. The average Bonchev–Trinajstić information content (AvgIpc) is 3.79. The van der Waals surface area contributed by atoms with Gasteiger partial charge in [-0.2, -0.15) is 0 Å². The third kappa shape index (κ3) is 7.28. The molecule has 0 spiro atoms. The zero-order valence-electron chi connectivity index (χ0n) is 34.9. The van der Waals surface area contributed by atoms with Crippen LogP contribution in [0.5, 0.6) is 0 Å². The van der Waals surface area contributed by atoms with Crippen molar-refractivity contribution >= 4 is 22.4 Å². The van der Waals surface area contributed by atoms with Gasteiger partial charge in [-0.05, 0) is 72.7 Å². The fraction of sp³-hybridized carbons (Fsp3) is 0.170. The van der Waals surface area contributed by atoms with Gasteiger partial charge in [0.15, 0.2) is 17.5 Å². The van der Waals surface area contributed by atoms with Crippen molar-refractivity contribution in [3.05, 3.63) is 193 Å². The molecule has 7 aromatic rings. The van der Waals surface area contributed by atoms with Gasteiger partial charge in [0.1, 0.15) is 12.0 Å². The molecular formula is C53H49N7. The van der Waals surface area contributed by atoms with E-state index in [4.69, 9.17) is 19.9 Å². The SMILES string of the molecule is C=C/C=C\C1=C(C)N(c2ccccc2)C(c2ccc(-c3nc(-c4ccc(-c5nc6ccccc6n5C5=CC=CCC5)cc4)nc(-c4ccc(C(C)(C)C)cc4)n3)cc2)N1C. The van der Waals surface area contributed by atoms with Gasteiger partial charge in [-0.25, -0.2) is 19.9 Å². The van der Waals surface area contributed by atoms with Crippen molar-refractivity contribution in [3.63, 3.8) is 0 Å². The van der Waals surface area contributed by atoms with Crippen LogP contribution >= 0.6 is 0 Å². The van der Waals surface area contributed by atoms with E-state index in [2.05, 4.69) is 201 Å². The number of nitrogens with zero attached hydrogens (tertiary/aromatic N) is 7. The van der Waals surface area contributed by atoms with Crippen molar-refractivity contribution in [2.45, 2.75) is 52.1 Å². The first-order valence-electron chi connectivity index (χ1n) is 20.7. The van der Waals surface area contributed by atoms with Crippen LogP contribution in [0.1, 0.15) is 57.8 Å². The molecule has 3 heterocycles. The summed E-state index contributed by atoms with van der Waals surface area (Å²) in [4.78, 5) is 25.2. The van der Waals surface area contributed by atoms with Gasteiger partial charge in [0.25, 0.3) is 0 Å². The van der Waals surface area contributed by atoms with Gasteiger partial charge in [0.2, 0.25) is 0 Å². The number of rotatable bonds is 9. The van der Waals surface area contributed by atoms with E-state index in [0.717, 1.165) is 68.9 Å². The third-order valence-electron chi connectivity index (χ3n) is 11.5. The highest BCUT2D eigenvalue weighted by molar-refractivity contribution is 5.86. The van der Waals surface area contributed by atoms with Gasteiger partial charge in [-0.15, -0.1) is 0 Å². The van der Waals surface area contributed by atoms with Crippen molar-refractivity contribution in [3.8, 4) is 45.6 Å². The Hall–Kier alpha value is -7.12. The molecule has 1 aliphatic carbocycles. The first kappa shape index (κ1) is 38.4. The van der Waals surface area contributed by atoms with E-state index in [0.29, 0.717) is 17.5 Å². The van der Waals surface area contributed by atoms with Gasteiger partial charge in [-0.1, -0.05) is 155 Å². The van der Waals surface area contributed by atoms with Crippen molar-refractivity contribution in [2.75, 3.05) is 11.9 Å². The zero-order chi connectivity index (χ0) is 41.4. The lowest BCUT2D eigenvalue weighted by Crippen LogP contribution is -2.30. The Balaban J connectivity index is 1.10. The highest BCUT2D eigenvalue weighted by Crippen LogP contribution is 2.42. The van der Waals surface area contributed by atoms with Gasteiger partial charge in [0, 0.05) is 46.4 Å². The molecule has 60 heavy (non-hydrogen) atoms. The summed E-state index contributed by atoms with van der Waals surface area (Å²) >= 11 is 0. The van der Waals surface area contributed by atoms with E-state index in [1.165, 1.54) is 17.0 Å². The molecule has 7 heteroatoms. The Bertz CT molecular complexity index is 2820. The van der Waals surface area contributed by atoms with Crippen LogP contribution in [0.3, 0.4) is 0 Å². The quantitative estimate of drug-likeness (QED) is 0.136. The molecule has 1 unspecified atom stereocenters. The molecule has 9 rings (SSSR count). The fourth-order valence-corrected chi connectivity index (χ4v) is 8.30. The number of para-hydroxylation sites is 3. The molecule has 0 radical (unpaired) electrons. The predicted molar refractivity (Wildman–Crippen MR) is 248 cm³/mol. The van der Waals surface area contributed by atoms with Crippen LogP contribution in [0.15, 0.2) is 182 Å². The number of hydrogen-bond acceptors (Lipinski definition) is 6. The van der Waals surface area contributed by atoms with Gasteiger partial charge in [0.05, 0.1) is 16.7 Å². The topological polar surface area (TPSA) is 63.0 Å². The smallest absolute Gasteiger partial charge is 0.164 e. The summed E-state index contributed by atoms with van der Waals surface area (Å²) in [6.07, 6.45) is 14.4. The minimum atomic E-state index is -0.0469. The van der Waals surface area contributed by atoms with Crippen LogP contribution in [-0.4, -0.2) is 36.5 Å². The summed E-state index contributed by atoms with van der Waals surface area (Å²) in [5.74, 6) is 2.79. The Kier molecular flexibility index (Phi) is 10.2. The minimum absolute atomic E-state index is 0.0302. The summed E-state index contributed by atoms with van der Waals surface area (Å²) in [6.45, 7) is 12.8. The summed E-state index contributed by atoms with van der Waals surface area (Å²) in [5.41, 5.74) is 13.0. The van der Waals surface area contributed by atoms with Crippen molar-refractivity contribution < 1.29 is 0 Å². The van der Waals surface area contributed by atoms with Crippen molar-refractivity contribution in [1.82, 2.24) is 29.4 Å². The molecule has 296 valence electrons. The Morgan fingerprint density at radius 3 is 1.87 bits per heavy atom. The highest BCUT2D eigenvalue weighted by Gasteiger charge is 2.35. The Morgan fingerprint density at radius 1 is 0.683 bits per heavy atom. The van der Waals surface area contributed by atoms with E-state index in [-0.39, 0.29) is 11.6 Å². The molecule has 0 N–H and O–H groups in total. The minimum Gasteiger partial charge on any atom is -0.349 e. The lowest BCUT2D eigenvalue weighted by atomic mass is 9.87. The Labute approximate surface area is 353 Å². The van der Waals surface area contributed by atoms with Gasteiger partial charge in [-0.3, -0.25) is 4.57 Å². The normalized spacial score (nSPS) is 15.7. The van der Waals surface area contributed by atoms with E-state index < -0.39 is 0 Å². The first-order valence-corrected chi connectivity index (χ1v) is 20.7. The molecule has 5 aromatic carbocycles. The molecule has 1 aliphatic heterocycles. The summed E-state index contributed by atoms with van der Waals surface area (Å²) in [6, 6.07) is 44.6. The molecule has 0 saturated heterocycles. The van der Waals surface area contributed by atoms with Crippen LogP contribution < -0.4 is 4.90 Å². The van der Waals surface area contributed by atoms with Gasteiger partial charge < -0.3 is 9.80 Å². The zero-order valence-corrected chi connectivity index (χ0v) is 34.9. The molecule has 1 atom stereocenters. The largest absolute Gasteiger partial charge is 0.349 e. The first-order chi connectivity index (χ1) is 29.2. The molecular weight excluding hydrogens is 735 g/mol. The number of anilines is 1. The van der Waals surface area contributed by atoms with Gasteiger partial charge >= 0.3 is 0 Å². The maximum atomic E-state index is 5.14. The molecule has 2 aliphatic rings. The van der Waals surface area contributed by atoms with E-state index >= 15 is 0 Å². The number of allylic oxidation sites excluding steroid dienone is 8. The second kappa shape index (κ2) is 15.9. The van der Waals surface area contributed by atoms with E-state index in [9.17, 15) is 0 Å². The van der Waals surface area contributed by atoms with Crippen LogP contribution in [0.4, 0.5) is 5.69 Å². The standard InChI is InChI=1S/C53H49N7/c1-7-8-22-46-36(2)59(43-17-11-9-12-18-43)52(58(46)6)41-30-26-38(27-31-41)49-55-48(56-50(57-49)39-32-34-42(35-33-39)53(3,4)5)37-24-28-40(29-25-37)51-54-45-21-15-16-23-47(45)60(51)44-19-13-10-14-20-44/h7-13,15-19,21-35,52H,1,14,20H2,2-6H3/b22-8-. The number of imidazole rings is 1. The molecule has 0 bridgehead atoms. The lowest BCUT2D eigenvalue weighted by molar-refractivity contribution is 0.350. The van der Waals surface area contributed by atoms with E-state index in [1.54, 1.807) is 0 Å². The number of aromatic nitrogens is 5. The monoisotopic (exact) mass is 783 g/mol. The molecule has 0 amide bonds. The third-order valence-corrected chi connectivity index (χ3v) is 11.5. The van der Waals surface area contributed by atoms with Crippen molar-refractivity contribution in [2.24, 2.45) is 0 Å². The van der Waals surface area contributed by atoms with Crippen LogP contribution in [0.25, 0.3) is 62.3 Å². The van der Waals surface area contributed by atoms with Crippen LogP contribution in [0, 0.1) is 0 Å². The molecule has 0 fully saturated rings. The Morgan fingerprint density at radius 2 is 1.27 bits per heavy atom. The maximum Gasteiger partial charge on any atom is 0.164 e. The number of hydrogen-bond donors (Lipinski definition) is 0. The highest BCUT2D eigenvalue weighted by atomic mass is 15.4. The van der Waals surface area contributed by atoms with Crippen LogP contribution in [-0.2, 0) is 5.41 Å².